The van der Waals surface area contributed by atoms with E-state index in [1.54, 1.807) is 17.9 Å². The summed E-state index contributed by atoms with van der Waals surface area (Å²) in [6, 6.07) is 14.8. The number of aromatic nitrogens is 1. The fourth-order valence-corrected chi connectivity index (χ4v) is 3.41. The van der Waals surface area contributed by atoms with E-state index in [1.807, 2.05) is 30.3 Å². The van der Waals surface area contributed by atoms with Crippen LogP contribution in [0, 0.1) is 18.3 Å². The Bertz CT molecular complexity index is 836. The third-order valence-corrected chi connectivity index (χ3v) is 4.47. The van der Waals surface area contributed by atoms with E-state index in [-0.39, 0.29) is 23.4 Å². The number of hydrogen-bond acceptors (Lipinski definition) is 3. The van der Waals surface area contributed by atoms with E-state index in [2.05, 4.69) is 11.1 Å². The van der Waals surface area contributed by atoms with Crippen LogP contribution in [0.25, 0.3) is 0 Å². The number of aromatic amines is 1. The number of benzene rings is 1. The molecular weight excluding hydrogens is 302 g/mol. The zero-order valence-electron chi connectivity index (χ0n) is 13.5. The monoisotopic (exact) mass is 321 g/mol. The van der Waals surface area contributed by atoms with Gasteiger partial charge in [-0.3, -0.25) is 9.59 Å². The van der Waals surface area contributed by atoms with Crippen LogP contribution in [0.5, 0.6) is 0 Å². The minimum atomic E-state index is -0.360. The predicted octanol–water partition coefficient (Wildman–Crippen LogP) is 2.60. The molecule has 5 heteroatoms. The minimum absolute atomic E-state index is 0.163. The Morgan fingerprint density at radius 3 is 2.75 bits per heavy atom. The summed E-state index contributed by atoms with van der Waals surface area (Å²) in [7, 11) is 0. The van der Waals surface area contributed by atoms with E-state index in [4.69, 9.17) is 0 Å². The van der Waals surface area contributed by atoms with Crippen molar-refractivity contribution in [3.8, 4) is 6.07 Å². The molecular formula is C19H19N3O2. The Morgan fingerprint density at radius 2 is 2.08 bits per heavy atom. The Labute approximate surface area is 140 Å². The molecule has 3 rings (SSSR count). The number of H-pyrrole nitrogens is 1. The maximum Gasteiger partial charge on any atom is 0.254 e. The van der Waals surface area contributed by atoms with Gasteiger partial charge < -0.3 is 9.88 Å². The van der Waals surface area contributed by atoms with Gasteiger partial charge in [-0.15, -0.1) is 0 Å². The number of hydrogen-bond donors (Lipinski definition) is 1. The molecule has 5 nitrogen and oxygen atoms in total. The Morgan fingerprint density at radius 1 is 1.33 bits per heavy atom. The summed E-state index contributed by atoms with van der Waals surface area (Å²) < 4.78 is 0. The predicted molar refractivity (Wildman–Crippen MR) is 90.7 cm³/mol. The van der Waals surface area contributed by atoms with Crippen molar-refractivity contribution in [3.05, 3.63) is 69.6 Å². The molecule has 1 amide bonds. The van der Waals surface area contributed by atoms with Gasteiger partial charge in [-0.2, -0.15) is 5.26 Å². The number of pyridine rings is 1. The molecule has 0 bridgehead atoms. The summed E-state index contributed by atoms with van der Waals surface area (Å²) in [6.07, 6.45) is 1.66. The van der Waals surface area contributed by atoms with Crippen LogP contribution in [-0.2, 0) is 0 Å². The molecule has 2 aromatic rings. The van der Waals surface area contributed by atoms with Crippen LogP contribution in [-0.4, -0.2) is 28.4 Å². The maximum absolute atomic E-state index is 12.9. The molecule has 1 aliphatic heterocycles. The van der Waals surface area contributed by atoms with Crippen LogP contribution in [0.4, 0.5) is 0 Å². The molecule has 2 heterocycles. The second kappa shape index (κ2) is 6.71. The van der Waals surface area contributed by atoms with Crippen LogP contribution in [0.3, 0.4) is 0 Å². The fraction of sp³-hybridized carbons (Fsp3) is 0.316. The van der Waals surface area contributed by atoms with Crippen molar-refractivity contribution in [1.82, 2.24) is 9.88 Å². The molecule has 1 aromatic carbocycles. The quantitative estimate of drug-likeness (QED) is 0.944. The number of nitrogens with one attached hydrogen (secondary N) is 1. The molecule has 1 aromatic heterocycles. The Balaban J connectivity index is 1.91. The standard InChI is InChI=1S/C19H19N3O2/c1-13-10-15(11-18(23)21-13)19(24)22-9-5-8-17(22)16(12-20)14-6-3-2-4-7-14/h2-4,6-7,10-11,16-17H,5,8-9H2,1H3,(H,21,23). The SMILES string of the molecule is Cc1cc(C(=O)N2CCCC2C(C#N)c2ccccc2)cc(=O)[nH]1. The molecule has 0 spiro atoms. The summed E-state index contributed by atoms with van der Waals surface area (Å²) in [5.41, 5.74) is 1.68. The van der Waals surface area contributed by atoms with Crippen molar-refractivity contribution in [3.63, 3.8) is 0 Å². The molecule has 24 heavy (non-hydrogen) atoms. The lowest BCUT2D eigenvalue weighted by Gasteiger charge is -2.28. The maximum atomic E-state index is 12.9. The lowest BCUT2D eigenvalue weighted by Crippen LogP contribution is -2.39. The number of likely N-dealkylation sites (tertiary alicyclic amines) is 1. The summed E-state index contributed by atoms with van der Waals surface area (Å²) in [5.74, 6) is -0.538. The fourth-order valence-electron chi connectivity index (χ4n) is 3.41. The number of carbonyl (C=O) groups is 1. The van der Waals surface area contributed by atoms with E-state index >= 15 is 0 Å². The van der Waals surface area contributed by atoms with E-state index in [0.29, 0.717) is 17.8 Å². The van der Waals surface area contributed by atoms with Crippen molar-refractivity contribution in [2.24, 2.45) is 0 Å². The summed E-state index contributed by atoms with van der Waals surface area (Å²) in [4.78, 5) is 28.9. The van der Waals surface area contributed by atoms with Gasteiger partial charge in [0.2, 0.25) is 5.56 Å². The normalized spacial score (nSPS) is 18.2. The van der Waals surface area contributed by atoms with Crippen molar-refractivity contribution in [2.45, 2.75) is 31.7 Å². The van der Waals surface area contributed by atoms with Crippen molar-refractivity contribution in [2.75, 3.05) is 6.54 Å². The molecule has 1 saturated heterocycles. The first kappa shape index (κ1) is 16.0. The largest absolute Gasteiger partial charge is 0.334 e. The van der Waals surface area contributed by atoms with Gasteiger partial charge in [0.05, 0.1) is 18.0 Å². The Kier molecular flexibility index (Phi) is 4.48. The first-order chi connectivity index (χ1) is 11.6. The second-order valence-electron chi connectivity index (χ2n) is 6.14. The van der Waals surface area contributed by atoms with E-state index in [1.165, 1.54) is 6.07 Å². The van der Waals surface area contributed by atoms with Gasteiger partial charge in [-0.25, -0.2) is 0 Å². The first-order valence-electron chi connectivity index (χ1n) is 8.06. The smallest absolute Gasteiger partial charge is 0.254 e. The van der Waals surface area contributed by atoms with Gasteiger partial charge in [-0.05, 0) is 31.4 Å². The highest BCUT2D eigenvalue weighted by Gasteiger charge is 2.36. The Hall–Kier alpha value is -2.87. The lowest BCUT2D eigenvalue weighted by molar-refractivity contribution is 0.0728. The van der Waals surface area contributed by atoms with Crippen LogP contribution in [0.1, 0.15) is 40.4 Å². The highest BCUT2D eigenvalue weighted by molar-refractivity contribution is 5.94. The van der Waals surface area contributed by atoms with E-state index in [0.717, 1.165) is 18.4 Å². The molecule has 122 valence electrons. The third kappa shape index (κ3) is 3.09. The number of nitriles is 1. The first-order valence-corrected chi connectivity index (χ1v) is 8.06. The van der Waals surface area contributed by atoms with Gasteiger partial charge in [-0.1, -0.05) is 30.3 Å². The topological polar surface area (TPSA) is 77.0 Å². The van der Waals surface area contributed by atoms with Gasteiger partial charge in [0.1, 0.15) is 0 Å². The average Bonchev–Trinajstić information content (AvgIpc) is 3.04. The highest BCUT2D eigenvalue weighted by atomic mass is 16.2. The number of carbonyl (C=O) groups excluding carboxylic acids is 1. The molecule has 1 fully saturated rings. The molecule has 1 aliphatic rings. The van der Waals surface area contributed by atoms with Crippen LogP contribution >= 0.6 is 0 Å². The molecule has 0 aliphatic carbocycles. The lowest BCUT2D eigenvalue weighted by atomic mass is 9.91. The summed E-state index contributed by atoms with van der Waals surface area (Å²) in [6.45, 7) is 2.36. The number of amides is 1. The molecule has 0 radical (unpaired) electrons. The molecule has 2 unspecified atom stereocenters. The second-order valence-corrected chi connectivity index (χ2v) is 6.14. The van der Waals surface area contributed by atoms with E-state index < -0.39 is 0 Å². The van der Waals surface area contributed by atoms with Crippen molar-refractivity contribution in [1.29, 1.82) is 5.26 Å². The molecule has 2 atom stereocenters. The van der Waals surface area contributed by atoms with Crippen LogP contribution in [0.15, 0.2) is 47.3 Å². The molecule has 0 saturated carbocycles. The van der Waals surface area contributed by atoms with Crippen molar-refractivity contribution >= 4 is 5.91 Å². The summed E-state index contributed by atoms with van der Waals surface area (Å²) in [5, 5.41) is 9.66. The van der Waals surface area contributed by atoms with Gasteiger partial charge >= 0.3 is 0 Å². The average molecular weight is 321 g/mol. The van der Waals surface area contributed by atoms with Crippen molar-refractivity contribution < 1.29 is 4.79 Å². The van der Waals surface area contributed by atoms with E-state index in [9.17, 15) is 14.9 Å². The highest BCUT2D eigenvalue weighted by Crippen LogP contribution is 2.31. The van der Waals surface area contributed by atoms with Gasteiger partial charge in [0, 0.05) is 23.9 Å². The number of aryl methyl sites for hydroxylation is 1. The summed E-state index contributed by atoms with van der Waals surface area (Å²) >= 11 is 0. The molecule has 1 N–H and O–H groups in total. The minimum Gasteiger partial charge on any atom is -0.334 e. The van der Waals surface area contributed by atoms with Gasteiger partial charge in [0.25, 0.3) is 5.91 Å². The van der Waals surface area contributed by atoms with Gasteiger partial charge in [0.15, 0.2) is 0 Å². The number of rotatable bonds is 3. The third-order valence-electron chi connectivity index (χ3n) is 4.47. The zero-order valence-corrected chi connectivity index (χ0v) is 13.5. The number of nitrogens with zero attached hydrogens (tertiary/aromatic N) is 2. The zero-order chi connectivity index (χ0) is 17.1. The van der Waals surface area contributed by atoms with Crippen LogP contribution < -0.4 is 5.56 Å². The van der Waals surface area contributed by atoms with Crippen LogP contribution in [0.2, 0.25) is 0 Å².